The normalized spacial score (nSPS) is 15.0. The fourth-order valence-electron chi connectivity index (χ4n) is 2.49. The van der Waals surface area contributed by atoms with Gasteiger partial charge in [-0.3, -0.25) is 4.68 Å². The number of aryl methyl sites for hydroxylation is 1. The molecule has 1 atom stereocenters. The third-order valence-corrected chi connectivity index (χ3v) is 3.46. The highest BCUT2D eigenvalue weighted by Gasteiger charge is 2.22. The zero-order chi connectivity index (χ0) is 14.7. The first-order valence-electron chi connectivity index (χ1n) is 7.23. The van der Waals surface area contributed by atoms with Gasteiger partial charge in [0.2, 0.25) is 0 Å². The van der Waals surface area contributed by atoms with Gasteiger partial charge in [0, 0.05) is 18.5 Å². The summed E-state index contributed by atoms with van der Waals surface area (Å²) in [5, 5.41) is 14.7. The quantitative estimate of drug-likeness (QED) is 0.908. The van der Waals surface area contributed by atoms with Crippen LogP contribution in [0.2, 0.25) is 0 Å². The third kappa shape index (κ3) is 2.85. The van der Waals surface area contributed by atoms with Crippen molar-refractivity contribution in [2.24, 2.45) is 0 Å². The molecule has 0 spiro atoms. The van der Waals surface area contributed by atoms with Gasteiger partial charge in [-0.15, -0.1) is 0 Å². The summed E-state index contributed by atoms with van der Waals surface area (Å²) in [5.74, 6) is 2.10. The average molecular weight is 289 g/mol. The molecule has 6 heteroatoms. The second kappa shape index (κ2) is 6.13. The highest BCUT2D eigenvalue weighted by Crippen LogP contribution is 2.37. The molecule has 1 aliphatic rings. The Hall–Kier alpha value is -2.08. The van der Waals surface area contributed by atoms with E-state index >= 15 is 0 Å². The Morgan fingerprint density at radius 2 is 2.19 bits per heavy atom. The third-order valence-electron chi connectivity index (χ3n) is 3.46. The summed E-state index contributed by atoms with van der Waals surface area (Å²) in [5.41, 5.74) is 0.734. The Bertz CT molecular complexity index is 612. The van der Waals surface area contributed by atoms with E-state index in [0.29, 0.717) is 31.1 Å². The minimum Gasteiger partial charge on any atom is -0.486 e. The molecule has 0 amide bonds. The van der Waals surface area contributed by atoms with Crippen LogP contribution < -0.4 is 9.47 Å². The fourth-order valence-corrected chi connectivity index (χ4v) is 2.49. The zero-order valence-corrected chi connectivity index (χ0v) is 12.0. The van der Waals surface area contributed by atoms with Crippen molar-refractivity contribution in [2.75, 3.05) is 13.2 Å². The summed E-state index contributed by atoms with van der Waals surface area (Å²) < 4.78 is 13.0. The van der Waals surface area contributed by atoms with Gasteiger partial charge in [0.05, 0.1) is 6.10 Å². The van der Waals surface area contributed by atoms with E-state index in [1.54, 1.807) is 0 Å². The van der Waals surface area contributed by atoms with Crippen molar-refractivity contribution >= 4 is 0 Å². The van der Waals surface area contributed by atoms with Crippen LogP contribution in [0.15, 0.2) is 24.5 Å². The van der Waals surface area contributed by atoms with Crippen LogP contribution in [0.3, 0.4) is 0 Å². The molecular weight excluding hydrogens is 270 g/mol. The molecular formula is C15H19N3O3. The van der Waals surface area contributed by atoms with E-state index in [4.69, 9.17) is 9.47 Å². The second-order valence-corrected chi connectivity index (χ2v) is 4.99. The maximum Gasteiger partial charge on any atom is 0.167 e. The van der Waals surface area contributed by atoms with Gasteiger partial charge in [-0.2, -0.15) is 5.10 Å². The van der Waals surface area contributed by atoms with Gasteiger partial charge in [0.15, 0.2) is 11.5 Å². The molecule has 1 unspecified atom stereocenters. The maximum absolute atomic E-state index is 10.5. The number of ether oxygens (including phenoxy) is 2. The van der Waals surface area contributed by atoms with Crippen molar-refractivity contribution in [2.45, 2.75) is 32.4 Å². The average Bonchev–Trinajstić information content (AvgIpc) is 2.94. The van der Waals surface area contributed by atoms with Gasteiger partial charge in [-0.05, 0) is 12.5 Å². The maximum atomic E-state index is 10.5. The summed E-state index contributed by atoms with van der Waals surface area (Å²) >= 11 is 0. The lowest BCUT2D eigenvalue weighted by molar-refractivity contribution is 0.144. The largest absolute Gasteiger partial charge is 0.486 e. The molecule has 0 radical (unpaired) electrons. The smallest absolute Gasteiger partial charge is 0.167 e. The monoisotopic (exact) mass is 289 g/mol. The SMILES string of the molecule is CCCn1ncnc1CC(O)c1cccc2c1OCCO2. The number of para-hydroxylation sites is 1. The lowest BCUT2D eigenvalue weighted by Crippen LogP contribution is -2.18. The number of benzene rings is 1. The Kier molecular flexibility index (Phi) is 4.06. The molecule has 2 heterocycles. The van der Waals surface area contributed by atoms with E-state index in [9.17, 15) is 5.11 Å². The topological polar surface area (TPSA) is 69.4 Å². The van der Waals surface area contributed by atoms with Crippen molar-refractivity contribution in [3.63, 3.8) is 0 Å². The second-order valence-electron chi connectivity index (χ2n) is 4.99. The van der Waals surface area contributed by atoms with E-state index in [0.717, 1.165) is 24.4 Å². The first-order valence-corrected chi connectivity index (χ1v) is 7.23. The standard InChI is InChI=1S/C15H19N3O3/c1-2-6-18-14(16-10-17-18)9-12(19)11-4-3-5-13-15(11)21-8-7-20-13/h3-5,10,12,19H,2,6-9H2,1H3. The summed E-state index contributed by atoms with van der Waals surface area (Å²) in [6.07, 6.45) is 2.21. The molecule has 0 saturated carbocycles. The summed E-state index contributed by atoms with van der Waals surface area (Å²) in [7, 11) is 0. The van der Waals surface area contributed by atoms with Crippen LogP contribution in [0.5, 0.6) is 11.5 Å². The number of rotatable bonds is 5. The van der Waals surface area contributed by atoms with Crippen LogP contribution in [-0.2, 0) is 13.0 Å². The fraction of sp³-hybridized carbons (Fsp3) is 0.467. The number of aliphatic hydroxyl groups excluding tert-OH is 1. The molecule has 112 valence electrons. The van der Waals surface area contributed by atoms with Crippen LogP contribution in [0.25, 0.3) is 0 Å². The highest BCUT2D eigenvalue weighted by atomic mass is 16.6. The van der Waals surface area contributed by atoms with Gasteiger partial charge in [-0.1, -0.05) is 19.1 Å². The Balaban J connectivity index is 1.82. The minimum absolute atomic E-state index is 0.403. The Labute approximate surface area is 123 Å². The molecule has 0 fully saturated rings. The highest BCUT2D eigenvalue weighted by molar-refractivity contribution is 5.48. The first-order chi connectivity index (χ1) is 10.3. The molecule has 0 saturated heterocycles. The van der Waals surface area contributed by atoms with E-state index in [1.165, 1.54) is 6.33 Å². The molecule has 0 bridgehead atoms. The molecule has 1 N–H and O–H groups in total. The van der Waals surface area contributed by atoms with Crippen molar-refractivity contribution in [1.82, 2.24) is 14.8 Å². The molecule has 0 aliphatic carbocycles. The first kappa shape index (κ1) is 13.9. The zero-order valence-electron chi connectivity index (χ0n) is 12.0. The molecule has 1 aliphatic heterocycles. The number of aromatic nitrogens is 3. The molecule has 6 nitrogen and oxygen atoms in total. The summed E-state index contributed by atoms with van der Waals surface area (Å²) in [4.78, 5) is 4.23. The van der Waals surface area contributed by atoms with Crippen LogP contribution in [0.1, 0.15) is 30.8 Å². The molecule has 2 aromatic rings. The van der Waals surface area contributed by atoms with Crippen LogP contribution in [0.4, 0.5) is 0 Å². The van der Waals surface area contributed by atoms with Crippen molar-refractivity contribution < 1.29 is 14.6 Å². The van der Waals surface area contributed by atoms with E-state index in [-0.39, 0.29) is 0 Å². The molecule has 1 aromatic heterocycles. The van der Waals surface area contributed by atoms with Gasteiger partial charge in [0.25, 0.3) is 0 Å². The Morgan fingerprint density at radius 3 is 3.05 bits per heavy atom. The number of hydrogen-bond acceptors (Lipinski definition) is 5. The van der Waals surface area contributed by atoms with Gasteiger partial charge in [-0.25, -0.2) is 4.98 Å². The number of aliphatic hydroxyl groups is 1. The number of hydrogen-bond donors (Lipinski definition) is 1. The predicted octanol–water partition coefficient (Wildman–Crippen LogP) is 1.74. The van der Waals surface area contributed by atoms with Crippen molar-refractivity contribution in [3.8, 4) is 11.5 Å². The van der Waals surface area contributed by atoms with Crippen LogP contribution >= 0.6 is 0 Å². The summed E-state index contributed by atoms with van der Waals surface area (Å²) in [6.45, 7) is 3.93. The molecule has 21 heavy (non-hydrogen) atoms. The van der Waals surface area contributed by atoms with Gasteiger partial charge in [0.1, 0.15) is 25.4 Å². The molecule has 1 aromatic carbocycles. The van der Waals surface area contributed by atoms with E-state index < -0.39 is 6.10 Å². The number of nitrogens with zero attached hydrogens (tertiary/aromatic N) is 3. The minimum atomic E-state index is -0.693. The van der Waals surface area contributed by atoms with Gasteiger partial charge < -0.3 is 14.6 Å². The van der Waals surface area contributed by atoms with Crippen molar-refractivity contribution in [3.05, 3.63) is 35.9 Å². The molecule has 3 rings (SSSR count). The van der Waals surface area contributed by atoms with E-state index in [2.05, 4.69) is 17.0 Å². The van der Waals surface area contributed by atoms with Gasteiger partial charge >= 0.3 is 0 Å². The van der Waals surface area contributed by atoms with E-state index in [1.807, 2.05) is 22.9 Å². The van der Waals surface area contributed by atoms with Crippen LogP contribution in [0, 0.1) is 0 Å². The Morgan fingerprint density at radius 1 is 1.33 bits per heavy atom. The lowest BCUT2D eigenvalue weighted by atomic mass is 10.0. The van der Waals surface area contributed by atoms with Crippen molar-refractivity contribution in [1.29, 1.82) is 0 Å². The summed E-state index contributed by atoms with van der Waals surface area (Å²) in [6, 6.07) is 5.58. The predicted molar refractivity (Wildman–Crippen MR) is 76.4 cm³/mol. The van der Waals surface area contributed by atoms with Crippen LogP contribution in [-0.4, -0.2) is 33.1 Å². The lowest BCUT2D eigenvalue weighted by Gasteiger charge is -2.23. The number of fused-ring (bicyclic) bond motifs is 1.